The number of halogens is 1. The largest absolute Gasteiger partial charge is 0.308 e. The fraction of sp³-hybridized carbons (Fsp3) is 0.158. The summed E-state index contributed by atoms with van der Waals surface area (Å²) in [7, 11) is 0. The highest BCUT2D eigenvalue weighted by Crippen LogP contribution is 2.29. The molecule has 1 aliphatic heterocycles. The van der Waals surface area contributed by atoms with Crippen molar-refractivity contribution >= 4 is 56.7 Å². The van der Waals surface area contributed by atoms with Crippen molar-refractivity contribution in [1.29, 1.82) is 5.26 Å². The maximum absolute atomic E-state index is 12.5. The Bertz CT molecular complexity index is 1050. The van der Waals surface area contributed by atoms with E-state index in [1.807, 2.05) is 42.1 Å². The lowest BCUT2D eigenvalue weighted by Crippen LogP contribution is -2.52. The molecule has 1 saturated heterocycles. The van der Waals surface area contributed by atoms with E-state index in [0.29, 0.717) is 28.8 Å². The van der Waals surface area contributed by atoms with Crippen molar-refractivity contribution < 1.29 is 9.59 Å². The van der Waals surface area contributed by atoms with E-state index >= 15 is 0 Å². The van der Waals surface area contributed by atoms with Gasteiger partial charge in [-0.1, -0.05) is 35.1 Å². The maximum Gasteiger partial charge on any atom is 0.243 e. The average molecular weight is 414 g/mol. The number of benzene rings is 2. The van der Waals surface area contributed by atoms with Gasteiger partial charge in [0.2, 0.25) is 5.91 Å². The molecule has 9 heteroatoms. The number of anilines is 2. The van der Waals surface area contributed by atoms with Crippen LogP contribution in [0.2, 0.25) is 5.02 Å². The Balaban J connectivity index is 0.00000109. The molecule has 4 rings (SSSR count). The number of hydrogen-bond donors (Lipinski definition) is 1. The van der Waals surface area contributed by atoms with Gasteiger partial charge in [0.05, 0.1) is 39.1 Å². The molecule has 142 valence electrons. The van der Waals surface area contributed by atoms with E-state index in [2.05, 4.69) is 16.5 Å². The highest BCUT2D eigenvalue weighted by molar-refractivity contribution is 7.22. The highest BCUT2D eigenvalue weighted by Gasteiger charge is 2.26. The zero-order valence-corrected chi connectivity index (χ0v) is 16.3. The van der Waals surface area contributed by atoms with Crippen LogP contribution >= 0.6 is 22.9 Å². The number of carbonyl (C=O) groups is 2. The molecule has 7 nitrogen and oxygen atoms in total. The van der Waals surface area contributed by atoms with E-state index in [9.17, 15) is 4.79 Å². The number of piperazine rings is 1. The van der Waals surface area contributed by atoms with Crippen LogP contribution in [0, 0.1) is 11.3 Å². The molecule has 1 aromatic heterocycles. The van der Waals surface area contributed by atoms with Crippen molar-refractivity contribution in [2.45, 2.75) is 0 Å². The van der Waals surface area contributed by atoms with Crippen LogP contribution < -0.4 is 10.3 Å². The van der Waals surface area contributed by atoms with Crippen LogP contribution in [0.5, 0.6) is 0 Å². The van der Waals surface area contributed by atoms with E-state index in [4.69, 9.17) is 21.7 Å². The number of aromatic nitrogens is 1. The van der Waals surface area contributed by atoms with Gasteiger partial charge in [0.25, 0.3) is 0 Å². The van der Waals surface area contributed by atoms with Gasteiger partial charge < -0.3 is 9.69 Å². The molecule has 28 heavy (non-hydrogen) atoms. The third-order valence-corrected chi connectivity index (χ3v) is 5.38. The number of carbonyl (C=O) groups excluding carboxylic acids is 2. The summed E-state index contributed by atoms with van der Waals surface area (Å²) in [6.07, 6.45) is 0. The number of thiazole rings is 1. The summed E-state index contributed by atoms with van der Waals surface area (Å²) in [5, 5.41) is 12.1. The fourth-order valence-electron chi connectivity index (χ4n) is 2.87. The third kappa shape index (κ3) is 4.12. The van der Waals surface area contributed by atoms with Crippen molar-refractivity contribution in [3.05, 3.63) is 53.1 Å². The molecular weight excluding hydrogens is 398 g/mol. The normalized spacial score (nSPS) is 14.3. The quantitative estimate of drug-likeness (QED) is 0.708. The number of amides is 1. The Kier molecular flexibility index (Phi) is 6.21. The molecule has 0 radical (unpaired) electrons. The SMILES string of the molecule is C=O.N#Cc1ccc2nc(NN3CCN(c4ccccc4Cl)C(=O)C3)sc2c1. The number of nitriles is 1. The number of rotatable bonds is 3. The second kappa shape index (κ2) is 8.80. The first kappa shape index (κ1) is 19.8. The monoisotopic (exact) mass is 413 g/mol. The lowest BCUT2D eigenvalue weighted by molar-refractivity contribution is -0.120. The van der Waals surface area contributed by atoms with Crippen molar-refractivity contribution in [3.63, 3.8) is 0 Å². The minimum Gasteiger partial charge on any atom is -0.308 e. The lowest BCUT2D eigenvalue weighted by Gasteiger charge is -2.34. The Labute approximate surface area is 170 Å². The van der Waals surface area contributed by atoms with Gasteiger partial charge >= 0.3 is 0 Å². The van der Waals surface area contributed by atoms with Crippen molar-refractivity contribution in [2.75, 3.05) is 30.0 Å². The van der Waals surface area contributed by atoms with Crippen LogP contribution in [-0.4, -0.2) is 42.3 Å². The van der Waals surface area contributed by atoms with Crippen LogP contribution in [0.4, 0.5) is 10.8 Å². The molecule has 0 aliphatic carbocycles. The molecule has 2 aromatic carbocycles. The smallest absolute Gasteiger partial charge is 0.243 e. The van der Waals surface area contributed by atoms with Crippen LogP contribution in [0.1, 0.15) is 5.56 Å². The first-order valence-electron chi connectivity index (χ1n) is 8.30. The van der Waals surface area contributed by atoms with Gasteiger partial charge in [-0.2, -0.15) is 5.26 Å². The second-order valence-corrected chi connectivity index (χ2v) is 7.28. The molecule has 1 N–H and O–H groups in total. The van der Waals surface area contributed by atoms with E-state index in [-0.39, 0.29) is 12.5 Å². The molecule has 2 heterocycles. The van der Waals surface area contributed by atoms with E-state index in [1.165, 1.54) is 11.3 Å². The van der Waals surface area contributed by atoms with Gasteiger partial charge in [-0.25, -0.2) is 9.99 Å². The molecule has 1 fully saturated rings. The minimum absolute atomic E-state index is 0.0234. The van der Waals surface area contributed by atoms with Gasteiger partial charge in [-0.3, -0.25) is 10.2 Å². The number of nitrogens with one attached hydrogen (secondary N) is 1. The summed E-state index contributed by atoms with van der Waals surface area (Å²) in [4.78, 5) is 26.8. The molecule has 0 saturated carbocycles. The number of hydrazine groups is 1. The summed E-state index contributed by atoms with van der Waals surface area (Å²) in [6.45, 7) is 3.42. The Morgan fingerprint density at radius 2 is 2.00 bits per heavy atom. The first-order chi connectivity index (χ1) is 13.6. The number of hydrogen-bond acceptors (Lipinski definition) is 7. The zero-order chi connectivity index (χ0) is 20.1. The Morgan fingerprint density at radius 1 is 1.21 bits per heavy atom. The van der Waals surface area contributed by atoms with Crippen LogP contribution in [0.25, 0.3) is 10.2 Å². The minimum atomic E-state index is -0.0234. The van der Waals surface area contributed by atoms with Crippen LogP contribution in [0.3, 0.4) is 0 Å². The van der Waals surface area contributed by atoms with Crippen LogP contribution in [0.15, 0.2) is 42.5 Å². The standard InChI is InChI=1S/C18H14ClN5OS.CH2O/c19-13-3-1-2-4-15(13)24-8-7-23(11-17(24)25)22-18-21-14-6-5-12(10-20)9-16(14)26-18;1-2/h1-6,9H,7-8,11H2,(H,21,22);1H2. The summed E-state index contributed by atoms with van der Waals surface area (Å²) in [5.74, 6) is -0.0234. The first-order valence-corrected chi connectivity index (χ1v) is 9.49. The summed E-state index contributed by atoms with van der Waals surface area (Å²) in [5.41, 5.74) is 5.38. The van der Waals surface area contributed by atoms with Crippen molar-refractivity contribution in [3.8, 4) is 6.07 Å². The molecule has 0 atom stereocenters. The highest BCUT2D eigenvalue weighted by atomic mass is 35.5. The predicted octanol–water partition coefficient (Wildman–Crippen LogP) is 3.31. The van der Waals surface area contributed by atoms with Gasteiger partial charge in [-0.15, -0.1) is 0 Å². The topological polar surface area (TPSA) is 89.3 Å². The van der Waals surface area contributed by atoms with Gasteiger partial charge in [-0.05, 0) is 30.3 Å². The Morgan fingerprint density at radius 3 is 2.71 bits per heavy atom. The molecule has 1 amide bonds. The maximum atomic E-state index is 12.5. The number of nitrogens with zero attached hydrogens (tertiary/aromatic N) is 4. The molecule has 1 aliphatic rings. The zero-order valence-electron chi connectivity index (χ0n) is 14.8. The number of para-hydroxylation sites is 1. The fourth-order valence-corrected chi connectivity index (χ4v) is 4.04. The summed E-state index contributed by atoms with van der Waals surface area (Å²) in [6, 6.07) is 14.9. The lowest BCUT2D eigenvalue weighted by atomic mass is 10.2. The average Bonchev–Trinajstić information content (AvgIpc) is 3.11. The van der Waals surface area contributed by atoms with Crippen LogP contribution in [-0.2, 0) is 9.59 Å². The summed E-state index contributed by atoms with van der Waals surface area (Å²) >= 11 is 7.66. The van der Waals surface area contributed by atoms with Gasteiger partial charge in [0, 0.05) is 13.1 Å². The van der Waals surface area contributed by atoms with E-state index in [1.54, 1.807) is 17.0 Å². The molecule has 0 unspecified atom stereocenters. The second-order valence-electron chi connectivity index (χ2n) is 5.84. The molecule has 0 spiro atoms. The molecular formula is C19H16ClN5O2S. The van der Waals surface area contributed by atoms with Gasteiger partial charge in [0.15, 0.2) is 5.13 Å². The van der Waals surface area contributed by atoms with E-state index in [0.717, 1.165) is 15.9 Å². The summed E-state index contributed by atoms with van der Waals surface area (Å²) < 4.78 is 0.938. The van der Waals surface area contributed by atoms with Crippen molar-refractivity contribution in [2.24, 2.45) is 0 Å². The van der Waals surface area contributed by atoms with E-state index < -0.39 is 0 Å². The van der Waals surface area contributed by atoms with Crippen molar-refractivity contribution in [1.82, 2.24) is 9.99 Å². The third-order valence-electron chi connectivity index (χ3n) is 4.14. The predicted molar refractivity (Wildman–Crippen MR) is 110 cm³/mol. The number of fused-ring (bicyclic) bond motifs is 1. The molecule has 0 bridgehead atoms. The Hall–Kier alpha value is -2.99. The molecule has 3 aromatic rings. The van der Waals surface area contributed by atoms with Gasteiger partial charge in [0.1, 0.15) is 6.79 Å².